The fraction of sp³-hybridized carbons (Fsp3) is 0.562. The number of nitrogens with zero attached hydrogens (tertiary/aromatic N) is 1. The van der Waals surface area contributed by atoms with E-state index in [2.05, 4.69) is 0 Å². The number of methoxy groups -OCH3 is 1. The van der Waals surface area contributed by atoms with Crippen LogP contribution in [0.4, 0.5) is 0 Å². The molecular weight excluding hydrogens is 254 g/mol. The summed E-state index contributed by atoms with van der Waals surface area (Å²) in [5.41, 5.74) is 1.08. The van der Waals surface area contributed by atoms with Crippen LogP contribution in [0, 0.1) is 0 Å². The molecule has 1 aromatic rings. The van der Waals surface area contributed by atoms with Crippen LogP contribution in [0.15, 0.2) is 24.3 Å². The van der Waals surface area contributed by atoms with Gasteiger partial charge in [-0.1, -0.05) is 12.1 Å². The first-order valence-corrected chi connectivity index (χ1v) is 7.23. The molecule has 0 radical (unpaired) electrons. The van der Waals surface area contributed by atoms with Gasteiger partial charge in [0.2, 0.25) is 0 Å². The molecule has 0 aliphatic carbocycles. The zero-order valence-electron chi connectivity index (χ0n) is 12.5. The molecule has 1 fully saturated rings. The van der Waals surface area contributed by atoms with Gasteiger partial charge in [-0.15, -0.1) is 0 Å². The average Bonchev–Trinajstić information content (AvgIpc) is 3.02. The third-order valence-corrected chi connectivity index (χ3v) is 3.87. The van der Waals surface area contributed by atoms with E-state index in [1.54, 1.807) is 7.11 Å². The maximum atomic E-state index is 12.5. The number of hydrogen-bond donors (Lipinski definition) is 0. The Hall–Kier alpha value is -1.55. The van der Waals surface area contributed by atoms with Crippen LogP contribution in [0.25, 0.3) is 0 Å². The fourth-order valence-corrected chi connectivity index (χ4v) is 2.66. The summed E-state index contributed by atoms with van der Waals surface area (Å²) in [5, 5.41) is 0. The molecule has 0 aromatic heterocycles. The Morgan fingerprint density at radius 3 is 2.95 bits per heavy atom. The number of carbonyl (C=O) groups excluding carboxylic acids is 1. The van der Waals surface area contributed by atoms with Crippen molar-refractivity contribution in [3.8, 4) is 5.75 Å². The summed E-state index contributed by atoms with van der Waals surface area (Å²) in [4.78, 5) is 14.4. The molecule has 0 unspecified atom stereocenters. The van der Waals surface area contributed by atoms with Gasteiger partial charge in [0, 0.05) is 13.2 Å². The van der Waals surface area contributed by atoms with Crippen LogP contribution in [0.1, 0.15) is 38.3 Å². The van der Waals surface area contributed by atoms with Crippen LogP contribution >= 0.6 is 0 Å². The number of carbonyl (C=O) groups is 1. The van der Waals surface area contributed by atoms with Crippen molar-refractivity contribution in [3.05, 3.63) is 29.8 Å². The maximum absolute atomic E-state index is 12.5. The predicted molar refractivity (Wildman–Crippen MR) is 77.8 cm³/mol. The minimum absolute atomic E-state index is 0.0202. The minimum Gasteiger partial charge on any atom is -0.497 e. The Balaban J connectivity index is 2.14. The maximum Gasteiger partial charge on any atom is 0.252 e. The van der Waals surface area contributed by atoms with E-state index in [1.807, 2.05) is 43.0 Å². The molecule has 20 heavy (non-hydrogen) atoms. The lowest BCUT2D eigenvalue weighted by Crippen LogP contribution is -2.40. The van der Waals surface area contributed by atoms with E-state index in [9.17, 15) is 4.79 Å². The van der Waals surface area contributed by atoms with Crippen molar-refractivity contribution in [2.24, 2.45) is 0 Å². The highest BCUT2D eigenvalue weighted by molar-refractivity contribution is 5.81. The number of hydrogen-bond acceptors (Lipinski definition) is 3. The van der Waals surface area contributed by atoms with Crippen molar-refractivity contribution in [2.75, 3.05) is 20.3 Å². The predicted octanol–water partition coefficient (Wildman–Crippen LogP) is 2.78. The fourth-order valence-electron chi connectivity index (χ4n) is 2.66. The van der Waals surface area contributed by atoms with Gasteiger partial charge in [0.1, 0.15) is 11.9 Å². The molecule has 4 heteroatoms. The Morgan fingerprint density at radius 1 is 1.55 bits per heavy atom. The van der Waals surface area contributed by atoms with Gasteiger partial charge in [0.15, 0.2) is 0 Å². The Labute approximate surface area is 120 Å². The van der Waals surface area contributed by atoms with Crippen LogP contribution < -0.4 is 4.74 Å². The number of ether oxygens (including phenoxy) is 2. The molecular formula is C16H23NO3. The van der Waals surface area contributed by atoms with Gasteiger partial charge >= 0.3 is 0 Å². The topological polar surface area (TPSA) is 38.8 Å². The molecule has 1 aliphatic heterocycles. The highest BCUT2D eigenvalue weighted by Crippen LogP contribution is 2.26. The SMILES string of the molecule is CCN(C(=O)[C@@H]1CCCO1)[C@@H](C)c1cccc(OC)c1. The lowest BCUT2D eigenvalue weighted by Gasteiger charge is -2.30. The number of rotatable bonds is 5. The normalized spacial score (nSPS) is 19.6. The molecule has 0 saturated carbocycles. The van der Waals surface area contributed by atoms with Crippen LogP contribution in [0.2, 0.25) is 0 Å². The van der Waals surface area contributed by atoms with Crippen LogP contribution in [-0.4, -0.2) is 37.2 Å². The van der Waals surface area contributed by atoms with Crippen molar-refractivity contribution in [1.82, 2.24) is 4.90 Å². The first-order chi connectivity index (χ1) is 9.67. The molecule has 0 N–H and O–H groups in total. The molecule has 4 nitrogen and oxygen atoms in total. The Kier molecular flexibility index (Phi) is 5.01. The van der Waals surface area contributed by atoms with Crippen LogP contribution in [0.3, 0.4) is 0 Å². The standard InChI is InChI=1S/C16H23NO3/c1-4-17(16(18)15-9-6-10-20-15)12(2)13-7-5-8-14(11-13)19-3/h5,7-8,11-12,15H,4,6,9-10H2,1-3H3/t12-,15-/m0/s1. The first-order valence-electron chi connectivity index (χ1n) is 7.23. The third-order valence-electron chi connectivity index (χ3n) is 3.87. The van der Waals surface area contributed by atoms with Crippen LogP contribution in [-0.2, 0) is 9.53 Å². The largest absolute Gasteiger partial charge is 0.497 e. The zero-order valence-corrected chi connectivity index (χ0v) is 12.5. The minimum atomic E-state index is -0.261. The molecule has 1 aromatic carbocycles. The van der Waals surface area contributed by atoms with E-state index in [1.165, 1.54) is 0 Å². The van der Waals surface area contributed by atoms with Crippen molar-refractivity contribution in [3.63, 3.8) is 0 Å². The van der Waals surface area contributed by atoms with E-state index in [0.717, 1.165) is 24.2 Å². The Morgan fingerprint density at radius 2 is 2.35 bits per heavy atom. The second-order valence-corrected chi connectivity index (χ2v) is 5.08. The molecule has 2 rings (SSSR count). The van der Waals surface area contributed by atoms with Gasteiger partial charge < -0.3 is 14.4 Å². The molecule has 1 saturated heterocycles. The number of benzene rings is 1. The summed E-state index contributed by atoms with van der Waals surface area (Å²) in [7, 11) is 1.65. The monoisotopic (exact) mass is 277 g/mol. The van der Waals surface area contributed by atoms with E-state index in [-0.39, 0.29) is 18.1 Å². The quantitative estimate of drug-likeness (QED) is 0.830. The van der Waals surface area contributed by atoms with Crippen LogP contribution in [0.5, 0.6) is 5.75 Å². The summed E-state index contributed by atoms with van der Waals surface area (Å²) in [6.45, 7) is 5.42. The summed E-state index contributed by atoms with van der Waals surface area (Å²) < 4.78 is 10.8. The summed E-state index contributed by atoms with van der Waals surface area (Å²) in [6, 6.07) is 7.89. The zero-order chi connectivity index (χ0) is 14.5. The summed E-state index contributed by atoms with van der Waals surface area (Å²) >= 11 is 0. The molecule has 0 spiro atoms. The second kappa shape index (κ2) is 6.75. The smallest absolute Gasteiger partial charge is 0.252 e. The molecule has 2 atom stereocenters. The third kappa shape index (κ3) is 3.12. The number of likely N-dealkylation sites (N-methyl/N-ethyl adjacent to an activating group) is 1. The average molecular weight is 277 g/mol. The van der Waals surface area contributed by atoms with E-state index < -0.39 is 0 Å². The molecule has 1 amide bonds. The van der Waals surface area contributed by atoms with Crippen molar-refractivity contribution < 1.29 is 14.3 Å². The lowest BCUT2D eigenvalue weighted by atomic mass is 10.1. The summed E-state index contributed by atoms with van der Waals surface area (Å²) in [6.07, 6.45) is 1.55. The summed E-state index contributed by atoms with van der Waals surface area (Å²) in [5.74, 6) is 0.912. The molecule has 0 bridgehead atoms. The Bertz CT molecular complexity index is 455. The van der Waals surface area contributed by atoms with E-state index in [4.69, 9.17) is 9.47 Å². The number of amides is 1. The van der Waals surface area contributed by atoms with Gasteiger partial charge in [0.25, 0.3) is 5.91 Å². The first kappa shape index (κ1) is 14.9. The van der Waals surface area contributed by atoms with E-state index in [0.29, 0.717) is 13.2 Å². The van der Waals surface area contributed by atoms with Gasteiger partial charge in [0.05, 0.1) is 13.2 Å². The second-order valence-electron chi connectivity index (χ2n) is 5.08. The van der Waals surface area contributed by atoms with Gasteiger partial charge in [-0.25, -0.2) is 0 Å². The van der Waals surface area contributed by atoms with Crippen molar-refractivity contribution in [1.29, 1.82) is 0 Å². The van der Waals surface area contributed by atoms with E-state index >= 15 is 0 Å². The highest BCUT2D eigenvalue weighted by Gasteiger charge is 2.30. The molecule has 1 heterocycles. The van der Waals surface area contributed by atoms with Gasteiger partial charge in [-0.2, -0.15) is 0 Å². The van der Waals surface area contributed by atoms with Gasteiger partial charge in [-0.3, -0.25) is 4.79 Å². The molecule has 110 valence electrons. The van der Waals surface area contributed by atoms with Crippen molar-refractivity contribution >= 4 is 5.91 Å². The molecule has 1 aliphatic rings. The highest BCUT2D eigenvalue weighted by atomic mass is 16.5. The van der Waals surface area contributed by atoms with Gasteiger partial charge in [-0.05, 0) is 44.4 Å². The lowest BCUT2D eigenvalue weighted by molar-refractivity contribution is -0.143. The van der Waals surface area contributed by atoms with Crippen molar-refractivity contribution in [2.45, 2.75) is 38.8 Å².